The van der Waals surface area contributed by atoms with Crippen molar-refractivity contribution >= 4 is 21.8 Å². The summed E-state index contributed by atoms with van der Waals surface area (Å²) >= 11 is 0. The molecule has 0 fully saturated rings. The molecule has 4 nitrogen and oxygen atoms in total. The Balaban J connectivity index is 2.05. The molecule has 0 atom stereocenters. The Morgan fingerprint density at radius 3 is 2.60 bits per heavy atom. The van der Waals surface area contributed by atoms with Gasteiger partial charge in [0.25, 0.3) is 0 Å². The van der Waals surface area contributed by atoms with Crippen molar-refractivity contribution in [2.24, 2.45) is 0 Å². The number of benzene rings is 2. The highest BCUT2D eigenvalue weighted by atomic mass is 16.3. The smallest absolute Gasteiger partial charge is 0.125 e. The highest BCUT2D eigenvalue weighted by Gasteiger charge is 2.12. The van der Waals surface area contributed by atoms with Crippen molar-refractivity contribution in [2.75, 3.05) is 0 Å². The van der Waals surface area contributed by atoms with E-state index in [4.69, 9.17) is 0 Å². The lowest BCUT2D eigenvalue weighted by Gasteiger charge is -2.04. The first-order chi connectivity index (χ1) is 9.72. The largest absolute Gasteiger partial charge is 0.508 e. The monoisotopic (exact) mass is 264 g/mol. The molecule has 0 saturated heterocycles. The van der Waals surface area contributed by atoms with Gasteiger partial charge in [0.1, 0.15) is 11.5 Å². The summed E-state index contributed by atoms with van der Waals surface area (Å²) in [6.07, 6.45) is 1.85. The second kappa shape index (κ2) is 3.81. The van der Waals surface area contributed by atoms with E-state index in [0.29, 0.717) is 0 Å². The van der Waals surface area contributed by atoms with E-state index in [0.717, 1.165) is 33.1 Å². The Labute approximate surface area is 114 Å². The number of fused-ring (bicyclic) bond motifs is 2. The summed E-state index contributed by atoms with van der Waals surface area (Å²) < 4.78 is 0. The van der Waals surface area contributed by atoms with Crippen molar-refractivity contribution in [2.45, 2.75) is 0 Å². The summed E-state index contributed by atoms with van der Waals surface area (Å²) in [5, 5.41) is 21.6. The summed E-state index contributed by atoms with van der Waals surface area (Å²) in [6.45, 7) is 0. The van der Waals surface area contributed by atoms with Gasteiger partial charge < -0.3 is 20.2 Å². The van der Waals surface area contributed by atoms with Gasteiger partial charge in [0, 0.05) is 33.6 Å². The number of hydrogen-bond acceptors (Lipinski definition) is 2. The Morgan fingerprint density at radius 2 is 1.70 bits per heavy atom. The van der Waals surface area contributed by atoms with Crippen molar-refractivity contribution in [1.82, 2.24) is 9.97 Å². The van der Waals surface area contributed by atoms with Gasteiger partial charge in [-0.3, -0.25) is 0 Å². The number of phenolic OH excluding ortho intramolecular Hbond substituents is 2. The molecule has 0 unspecified atom stereocenters. The number of phenols is 2. The molecule has 2 aromatic carbocycles. The summed E-state index contributed by atoms with van der Waals surface area (Å²) in [5.41, 5.74) is 3.48. The minimum atomic E-state index is 0.229. The maximum atomic E-state index is 10.2. The molecule has 0 bridgehead atoms. The number of aromatic nitrogens is 2. The Kier molecular flexibility index (Phi) is 2.09. The highest BCUT2D eigenvalue weighted by molar-refractivity contribution is 6.00. The van der Waals surface area contributed by atoms with E-state index in [1.165, 1.54) is 0 Å². The van der Waals surface area contributed by atoms with Gasteiger partial charge in [-0.05, 0) is 42.5 Å². The van der Waals surface area contributed by atoms with Crippen LogP contribution in [0.3, 0.4) is 0 Å². The third-order valence-electron chi connectivity index (χ3n) is 3.59. The number of aromatic amines is 2. The molecule has 4 heteroatoms. The predicted molar refractivity (Wildman–Crippen MR) is 78.9 cm³/mol. The molecule has 0 aliphatic rings. The minimum absolute atomic E-state index is 0.229. The van der Waals surface area contributed by atoms with E-state index >= 15 is 0 Å². The van der Waals surface area contributed by atoms with Crippen LogP contribution in [0.1, 0.15) is 0 Å². The van der Waals surface area contributed by atoms with E-state index in [-0.39, 0.29) is 11.5 Å². The molecule has 4 N–H and O–H groups in total. The van der Waals surface area contributed by atoms with Crippen LogP contribution in [0.5, 0.6) is 11.5 Å². The number of hydrogen-bond donors (Lipinski definition) is 4. The molecule has 4 rings (SSSR count). The lowest BCUT2D eigenvalue weighted by Crippen LogP contribution is -1.80. The molecule has 4 aromatic rings. The fourth-order valence-corrected chi connectivity index (χ4v) is 2.66. The standard InChI is InChI=1S/C16H12N2O2/c19-10-1-2-12-9(7-10)8-14(18-12)16-11-5-6-17-13(11)3-4-15(16)20/h1-8,17-20H. The van der Waals surface area contributed by atoms with Crippen LogP contribution in [0.2, 0.25) is 0 Å². The van der Waals surface area contributed by atoms with Gasteiger partial charge in [0.15, 0.2) is 0 Å². The molecule has 2 aromatic heterocycles. The van der Waals surface area contributed by atoms with Crippen molar-refractivity contribution in [3.63, 3.8) is 0 Å². The van der Waals surface area contributed by atoms with Crippen LogP contribution < -0.4 is 0 Å². The third kappa shape index (κ3) is 1.48. The number of H-pyrrole nitrogens is 2. The fraction of sp³-hybridized carbons (Fsp3) is 0. The molecular formula is C16H12N2O2. The van der Waals surface area contributed by atoms with Gasteiger partial charge in [0.2, 0.25) is 0 Å². The molecule has 0 radical (unpaired) electrons. The van der Waals surface area contributed by atoms with Crippen LogP contribution in [0.15, 0.2) is 48.7 Å². The third-order valence-corrected chi connectivity index (χ3v) is 3.59. The summed E-state index contributed by atoms with van der Waals surface area (Å²) in [7, 11) is 0. The van der Waals surface area contributed by atoms with Gasteiger partial charge >= 0.3 is 0 Å². The lowest BCUT2D eigenvalue weighted by atomic mass is 10.1. The zero-order valence-corrected chi connectivity index (χ0v) is 10.5. The molecular weight excluding hydrogens is 252 g/mol. The maximum absolute atomic E-state index is 10.2. The number of nitrogens with one attached hydrogen (secondary N) is 2. The van der Waals surface area contributed by atoms with Gasteiger partial charge in [-0.25, -0.2) is 0 Å². The Bertz CT molecular complexity index is 934. The molecule has 0 spiro atoms. The van der Waals surface area contributed by atoms with Crippen molar-refractivity contribution in [3.8, 4) is 22.8 Å². The van der Waals surface area contributed by atoms with E-state index < -0.39 is 0 Å². The van der Waals surface area contributed by atoms with Gasteiger partial charge in [-0.2, -0.15) is 0 Å². The average Bonchev–Trinajstić information content (AvgIpc) is 3.03. The van der Waals surface area contributed by atoms with E-state index in [1.54, 1.807) is 18.2 Å². The molecule has 0 amide bonds. The predicted octanol–water partition coefficient (Wildman–Crippen LogP) is 3.73. The van der Waals surface area contributed by atoms with E-state index in [1.807, 2.05) is 30.5 Å². The first-order valence-electron chi connectivity index (χ1n) is 6.33. The highest BCUT2D eigenvalue weighted by Crippen LogP contribution is 2.37. The van der Waals surface area contributed by atoms with Crippen molar-refractivity contribution in [1.29, 1.82) is 0 Å². The van der Waals surface area contributed by atoms with Gasteiger partial charge in [0.05, 0.1) is 5.69 Å². The number of rotatable bonds is 1. The summed E-state index contributed by atoms with van der Waals surface area (Å²) in [4.78, 5) is 6.41. The van der Waals surface area contributed by atoms with Crippen LogP contribution in [0.25, 0.3) is 33.1 Å². The van der Waals surface area contributed by atoms with Gasteiger partial charge in [-0.1, -0.05) is 0 Å². The molecule has 2 heterocycles. The second-order valence-corrected chi connectivity index (χ2v) is 4.85. The summed E-state index contributed by atoms with van der Waals surface area (Å²) in [6, 6.07) is 12.6. The minimum Gasteiger partial charge on any atom is -0.508 e. The zero-order valence-electron chi connectivity index (χ0n) is 10.5. The van der Waals surface area contributed by atoms with Crippen LogP contribution in [-0.2, 0) is 0 Å². The zero-order chi connectivity index (χ0) is 13.7. The fourth-order valence-electron chi connectivity index (χ4n) is 2.66. The molecule has 20 heavy (non-hydrogen) atoms. The quantitative estimate of drug-likeness (QED) is 0.423. The van der Waals surface area contributed by atoms with Crippen LogP contribution in [0.4, 0.5) is 0 Å². The molecule has 0 saturated carbocycles. The maximum Gasteiger partial charge on any atom is 0.125 e. The first kappa shape index (κ1) is 11.0. The topological polar surface area (TPSA) is 72.0 Å². The van der Waals surface area contributed by atoms with Crippen molar-refractivity contribution in [3.05, 3.63) is 48.7 Å². The SMILES string of the molecule is Oc1ccc2[nH]c(-c3c(O)ccc4[nH]ccc34)cc2c1. The Morgan fingerprint density at radius 1 is 0.850 bits per heavy atom. The molecule has 0 aliphatic heterocycles. The van der Waals surface area contributed by atoms with E-state index in [9.17, 15) is 10.2 Å². The molecule has 98 valence electrons. The lowest BCUT2D eigenvalue weighted by molar-refractivity contribution is 0.476. The first-order valence-corrected chi connectivity index (χ1v) is 6.33. The normalized spacial score (nSPS) is 11.4. The van der Waals surface area contributed by atoms with Crippen LogP contribution in [0, 0.1) is 0 Å². The molecule has 0 aliphatic carbocycles. The van der Waals surface area contributed by atoms with Crippen LogP contribution >= 0.6 is 0 Å². The Hall–Kier alpha value is -2.88. The van der Waals surface area contributed by atoms with E-state index in [2.05, 4.69) is 9.97 Å². The number of aromatic hydroxyl groups is 2. The second-order valence-electron chi connectivity index (χ2n) is 4.85. The van der Waals surface area contributed by atoms with Crippen LogP contribution in [-0.4, -0.2) is 20.2 Å². The summed E-state index contributed by atoms with van der Waals surface area (Å²) in [5.74, 6) is 0.458. The van der Waals surface area contributed by atoms with Crippen molar-refractivity contribution < 1.29 is 10.2 Å². The average molecular weight is 264 g/mol. The van der Waals surface area contributed by atoms with Gasteiger partial charge in [-0.15, -0.1) is 0 Å².